The van der Waals surface area contributed by atoms with E-state index in [0.717, 1.165) is 5.56 Å². The lowest BCUT2D eigenvalue weighted by atomic mass is 10.0. The topological polar surface area (TPSA) is 244 Å². The van der Waals surface area contributed by atoms with Crippen molar-refractivity contribution in [2.45, 2.75) is 70.1 Å². The minimum atomic E-state index is -1.18. The van der Waals surface area contributed by atoms with Gasteiger partial charge in [0, 0.05) is 31.3 Å². The molecule has 0 radical (unpaired) electrons. The number of aromatic amines is 1. The van der Waals surface area contributed by atoms with E-state index in [2.05, 4.69) is 30.9 Å². The average Bonchev–Trinajstić information content (AvgIpc) is 3.43. The Kier molecular flexibility index (Phi) is 13.3. The summed E-state index contributed by atoms with van der Waals surface area (Å²) in [6.07, 6.45) is 4.01. The van der Waals surface area contributed by atoms with Crippen molar-refractivity contribution in [3.63, 3.8) is 0 Å². The Balaban J connectivity index is 2.22. The molecule has 11 N–H and O–H groups in total. The van der Waals surface area contributed by atoms with Crippen molar-refractivity contribution >= 4 is 29.7 Å². The Morgan fingerprint density at radius 1 is 0.951 bits per heavy atom. The van der Waals surface area contributed by atoms with Crippen LogP contribution in [-0.4, -0.2) is 75.4 Å². The molecule has 2 rings (SSSR count). The van der Waals surface area contributed by atoms with Gasteiger partial charge >= 0.3 is 5.97 Å². The number of amides is 3. The third-order valence-electron chi connectivity index (χ3n) is 6.15. The number of benzene rings is 1. The van der Waals surface area contributed by atoms with Crippen molar-refractivity contribution < 1.29 is 24.3 Å². The quantitative estimate of drug-likeness (QED) is 0.0669. The lowest BCUT2D eigenvalue weighted by Crippen LogP contribution is -2.58. The van der Waals surface area contributed by atoms with Crippen LogP contribution in [0.15, 0.2) is 47.8 Å². The molecule has 0 spiro atoms. The summed E-state index contributed by atoms with van der Waals surface area (Å²) in [5.41, 5.74) is 18.0. The molecule has 0 saturated carbocycles. The molecule has 0 fully saturated rings. The van der Waals surface area contributed by atoms with Crippen LogP contribution in [0.25, 0.3) is 0 Å². The normalized spacial score (nSPS) is 13.9. The second kappa shape index (κ2) is 16.6. The molecule has 3 amide bonds. The number of nitrogens with two attached hydrogens (primary N) is 3. The van der Waals surface area contributed by atoms with Crippen molar-refractivity contribution in [2.75, 3.05) is 6.54 Å². The van der Waals surface area contributed by atoms with Crippen molar-refractivity contribution in [3.05, 3.63) is 54.1 Å². The van der Waals surface area contributed by atoms with Crippen molar-refractivity contribution in [1.29, 1.82) is 0 Å². The fourth-order valence-corrected chi connectivity index (χ4v) is 4.05. The maximum atomic E-state index is 13.5. The molecule has 14 heteroatoms. The van der Waals surface area contributed by atoms with Crippen LogP contribution in [0.1, 0.15) is 44.4 Å². The number of nitrogens with one attached hydrogen (secondary N) is 4. The minimum Gasteiger partial charge on any atom is -0.480 e. The molecule has 4 unspecified atom stereocenters. The molecule has 0 bridgehead atoms. The smallest absolute Gasteiger partial charge is 0.326 e. The average molecular weight is 572 g/mol. The predicted molar refractivity (Wildman–Crippen MR) is 153 cm³/mol. The number of H-pyrrole nitrogens is 1. The fraction of sp³-hybridized carbons (Fsp3) is 0.481. The van der Waals surface area contributed by atoms with Gasteiger partial charge < -0.3 is 43.2 Å². The van der Waals surface area contributed by atoms with Gasteiger partial charge in [0.05, 0.1) is 12.4 Å². The highest BCUT2D eigenvalue weighted by atomic mass is 16.4. The van der Waals surface area contributed by atoms with E-state index in [1.165, 1.54) is 12.5 Å². The van der Waals surface area contributed by atoms with Gasteiger partial charge in [-0.3, -0.25) is 19.4 Å². The van der Waals surface area contributed by atoms with Gasteiger partial charge in [-0.2, -0.15) is 0 Å². The first kappa shape index (κ1) is 32.8. The molecule has 0 aliphatic carbocycles. The molecular formula is C27H41N9O5. The number of rotatable bonds is 17. The standard InChI is InChI=1S/C27H41N9O5/c1-16(2)11-22(26(40)41)36-25(39)21(13-18-14-31-15-33-18)35-24(38)20(12-17-7-4-3-5-8-17)34-23(37)19(28)9-6-10-32-27(29)30/h3-5,7-8,14-16,19-22H,6,9-13,28H2,1-2H3,(H,31,33)(H,34,37)(H,35,38)(H,36,39)(H,40,41)(H4,29,30,32). The summed E-state index contributed by atoms with van der Waals surface area (Å²) in [5.74, 6) is -3.10. The van der Waals surface area contributed by atoms with Crippen LogP contribution in [-0.2, 0) is 32.0 Å². The number of hydrogen-bond acceptors (Lipinski definition) is 7. The summed E-state index contributed by atoms with van der Waals surface area (Å²) in [5, 5.41) is 17.5. The number of aromatic nitrogens is 2. The molecule has 2 aromatic rings. The lowest BCUT2D eigenvalue weighted by Gasteiger charge is -2.25. The van der Waals surface area contributed by atoms with Crippen molar-refractivity contribution in [1.82, 2.24) is 25.9 Å². The van der Waals surface area contributed by atoms with Crippen molar-refractivity contribution in [3.8, 4) is 0 Å². The van der Waals surface area contributed by atoms with Crippen LogP contribution in [0, 0.1) is 5.92 Å². The first-order chi connectivity index (χ1) is 19.5. The lowest BCUT2D eigenvalue weighted by molar-refractivity contribution is -0.142. The molecule has 0 aliphatic heterocycles. The van der Waals surface area contributed by atoms with E-state index >= 15 is 0 Å². The second-order valence-electron chi connectivity index (χ2n) is 10.2. The highest BCUT2D eigenvalue weighted by molar-refractivity contribution is 5.94. The number of imidazole rings is 1. The van der Waals surface area contributed by atoms with Gasteiger partial charge in [0.2, 0.25) is 17.7 Å². The number of carboxylic acid groups (broad SMARTS) is 1. The van der Waals surface area contributed by atoms with E-state index in [-0.39, 0.29) is 37.6 Å². The molecule has 0 aliphatic rings. The third-order valence-corrected chi connectivity index (χ3v) is 6.15. The molecule has 0 saturated heterocycles. The molecule has 1 aromatic heterocycles. The van der Waals surface area contributed by atoms with Gasteiger partial charge in [-0.05, 0) is 30.7 Å². The zero-order valence-electron chi connectivity index (χ0n) is 23.4. The van der Waals surface area contributed by atoms with E-state index < -0.39 is 47.9 Å². The van der Waals surface area contributed by atoms with Crippen LogP contribution in [0.3, 0.4) is 0 Å². The number of hydrogen-bond donors (Lipinski definition) is 8. The van der Waals surface area contributed by atoms with Gasteiger partial charge in [0.1, 0.15) is 18.1 Å². The second-order valence-corrected chi connectivity index (χ2v) is 10.2. The zero-order valence-corrected chi connectivity index (χ0v) is 23.4. The SMILES string of the molecule is CC(C)CC(NC(=O)C(Cc1cnc[nH]1)NC(=O)C(Cc1ccccc1)NC(=O)C(N)CCCN=C(N)N)C(=O)O. The van der Waals surface area contributed by atoms with Gasteiger partial charge in [0.15, 0.2) is 5.96 Å². The fourth-order valence-electron chi connectivity index (χ4n) is 4.05. The first-order valence-corrected chi connectivity index (χ1v) is 13.4. The van der Waals surface area contributed by atoms with Gasteiger partial charge in [0.25, 0.3) is 0 Å². The Morgan fingerprint density at radius 2 is 1.56 bits per heavy atom. The zero-order chi connectivity index (χ0) is 30.4. The van der Waals surface area contributed by atoms with E-state index in [0.29, 0.717) is 18.7 Å². The number of carbonyl (C=O) groups is 4. The Bertz CT molecular complexity index is 1150. The minimum absolute atomic E-state index is 0.00573. The largest absolute Gasteiger partial charge is 0.480 e. The number of carbonyl (C=O) groups excluding carboxylic acids is 3. The number of aliphatic imine (C=N–C) groups is 1. The van der Waals surface area contributed by atoms with Crippen LogP contribution in [0.4, 0.5) is 0 Å². The van der Waals surface area contributed by atoms with Gasteiger partial charge in [-0.15, -0.1) is 0 Å². The molecule has 1 aromatic carbocycles. The predicted octanol–water partition coefficient (Wildman–Crippen LogP) is -0.839. The van der Waals surface area contributed by atoms with Gasteiger partial charge in [-0.25, -0.2) is 9.78 Å². The van der Waals surface area contributed by atoms with E-state index in [1.54, 1.807) is 24.3 Å². The molecule has 224 valence electrons. The Labute approximate surface area is 238 Å². The monoisotopic (exact) mass is 571 g/mol. The van der Waals surface area contributed by atoms with Crippen LogP contribution >= 0.6 is 0 Å². The molecule has 41 heavy (non-hydrogen) atoms. The van der Waals surface area contributed by atoms with Gasteiger partial charge in [-0.1, -0.05) is 44.2 Å². The Hall–Kier alpha value is -4.46. The highest BCUT2D eigenvalue weighted by Crippen LogP contribution is 2.09. The summed E-state index contributed by atoms with van der Waals surface area (Å²) in [7, 11) is 0. The number of guanidine groups is 1. The maximum Gasteiger partial charge on any atom is 0.326 e. The molecule has 14 nitrogen and oxygen atoms in total. The summed E-state index contributed by atoms with van der Waals surface area (Å²) < 4.78 is 0. The number of aliphatic carboxylic acids is 1. The first-order valence-electron chi connectivity index (χ1n) is 13.4. The maximum absolute atomic E-state index is 13.5. The molecule has 1 heterocycles. The van der Waals surface area contributed by atoms with Crippen LogP contribution in [0.5, 0.6) is 0 Å². The van der Waals surface area contributed by atoms with E-state index in [9.17, 15) is 24.3 Å². The van der Waals surface area contributed by atoms with Crippen LogP contribution in [0.2, 0.25) is 0 Å². The number of nitrogens with zero attached hydrogens (tertiary/aromatic N) is 2. The number of carboxylic acids is 1. The summed E-state index contributed by atoms with van der Waals surface area (Å²) in [6, 6.07) is 4.75. The van der Waals surface area contributed by atoms with E-state index in [4.69, 9.17) is 17.2 Å². The third kappa shape index (κ3) is 12.1. The Morgan fingerprint density at radius 3 is 2.12 bits per heavy atom. The van der Waals surface area contributed by atoms with Crippen LogP contribution < -0.4 is 33.2 Å². The van der Waals surface area contributed by atoms with Crippen molar-refractivity contribution in [2.24, 2.45) is 28.1 Å². The summed E-state index contributed by atoms with van der Waals surface area (Å²) in [6.45, 7) is 3.98. The highest BCUT2D eigenvalue weighted by Gasteiger charge is 2.31. The molecule has 4 atom stereocenters. The summed E-state index contributed by atoms with van der Waals surface area (Å²) >= 11 is 0. The van der Waals surface area contributed by atoms with E-state index in [1.807, 2.05) is 19.9 Å². The summed E-state index contributed by atoms with van der Waals surface area (Å²) in [4.78, 5) is 62.2. The molecular weight excluding hydrogens is 530 g/mol.